The molecule has 0 radical (unpaired) electrons. The summed E-state index contributed by atoms with van der Waals surface area (Å²) in [5, 5.41) is 240. The van der Waals surface area contributed by atoms with Crippen LogP contribution in [0, 0.1) is 17.2 Å². The minimum Gasteiger partial charge on any atom is -0.457 e. The van der Waals surface area contributed by atoms with Gasteiger partial charge in [0.1, 0.15) is 189 Å². The number of rotatable bonds is 14. The van der Waals surface area contributed by atoms with Crippen LogP contribution in [0.4, 0.5) is 0 Å². The Bertz CT molecular complexity index is 2740. The van der Waals surface area contributed by atoms with Crippen molar-refractivity contribution in [2.75, 3.05) is 52.8 Å². The van der Waals surface area contributed by atoms with Crippen LogP contribution < -0.4 is 15.8 Å². The van der Waals surface area contributed by atoms with Gasteiger partial charge in [-0.15, -0.1) is 12.4 Å². The molecule has 1 aliphatic carbocycles. The third-order valence-corrected chi connectivity index (χ3v) is 20.1. The molecule has 42 nitrogen and oxygen atoms in total. The molecule has 0 unspecified atom stereocenters. The molecule has 21 heterocycles. The summed E-state index contributed by atoms with van der Waals surface area (Å²) < 4.78 is 90.4. The number of benzene rings is 2. The van der Waals surface area contributed by atoms with Crippen molar-refractivity contribution in [2.24, 2.45) is 17.6 Å². The number of para-hydroxylation sites is 1. The Labute approximate surface area is 620 Å². The van der Waals surface area contributed by atoms with E-state index >= 15 is 0 Å². The molecule has 43 heteroatoms. The topological polar surface area (TPSA) is 669 Å². The predicted molar refractivity (Wildman–Crippen MR) is 349 cm³/mol. The highest BCUT2D eigenvalue weighted by atomic mass is 35.5. The summed E-state index contributed by atoms with van der Waals surface area (Å²) in [6.07, 6.45) is -67.1. The van der Waals surface area contributed by atoms with Gasteiger partial charge in [0, 0.05) is 6.54 Å². The van der Waals surface area contributed by atoms with Crippen molar-refractivity contribution in [1.29, 1.82) is 5.41 Å². The van der Waals surface area contributed by atoms with Gasteiger partial charge in [-0.05, 0) is 49.3 Å². The maximum Gasteiger partial charge on any atom is 0.342 e. The first kappa shape index (κ1) is 87.5. The molecule has 25 N–H and O–H groups in total. The van der Waals surface area contributed by atoms with Crippen molar-refractivity contribution in [2.45, 2.75) is 247 Å². The van der Waals surface area contributed by atoms with E-state index in [1.165, 1.54) is 0 Å². The average Bonchev–Trinajstić information content (AvgIpc) is 0.778. The Morgan fingerprint density at radius 1 is 0.380 bits per heavy atom. The molecule has 0 spiro atoms. The van der Waals surface area contributed by atoms with Crippen LogP contribution in [0.5, 0.6) is 5.75 Å². The maximum atomic E-state index is 12.7. The van der Waals surface area contributed by atoms with E-state index in [0.717, 1.165) is 18.4 Å². The van der Waals surface area contributed by atoms with E-state index in [1.54, 1.807) is 24.3 Å². The molecule has 614 valence electrons. The molecule has 22 fully saturated rings. The number of ether oxygens (including phenoxy) is 16. The van der Waals surface area contributed by atoms with Crippen LogP contribution in [-0.2, 0) is 82.5 Å². The summed E-state index contributed by atoms with van der Waals surface area (Å²) in [6.45, 7) is -6.53. The molecule has 2 aromatic rings. The van der Waals surface area contributed by atoms with Gasteiger partial charge < -0.3 is 194 Å². The molecular weight excluding hydrogens is 1480 g/mol. The number of nitrogens with one attached hydrogen (secondary N) is 2. The van der Waals surface area contributed by atoms with Gasteiger partial charge >= 0.3 is 11.9 Å². The van der Waals surface area contributed by atoms with Gasteiger partial charge in [-0.25, -0.2) is 4.79 Å². The van der Waals surface area contributed by atoms with E-state index < -0.39 is 267 Å². The van der Waals surface area contributed by atoms with Gasteiger partial charge in [0.15, 0.2) is 50.0 Å². The molecule has 22 aliphatic rings. The van der Waals surface area contributed by atoms with Crippen molar-refractivity contribution < 1.29 is 193 Å². The number of hydrogen-bond donors (Lipinski definition) is 24. The summed E-state index contributed by atoms with van der Waals surface area (Å²) in [5.74, 6) is -0.476. The molecule has 14 bridgehead atoms. The molecule has 1 saturated carbocycles. The van der Waals surface area contributed by atoms with E-state index in [1.807, 2.05) is 30.3 Å². The number of guanidine groups is 1. The van der Waals surface area contributed by atoms with Crippen molar-refractivity contribution in [1.82, 2.24) is 5.32 Å². The van der Waals surface area contributed by atoms with Crippen LogP contribution in [-0.4, -0.2) is 393 Å². The third kappa shape index (κ3) is 19.7. The van der Waals surface area contributed by atoms with Crippen LogP contribution in [0.15, 0.2) is 54.6 Å². The number of aliphatic hydroxyl groups excluding tert-OH is 21. The van der Waals surface area contributed by atoms with Crippen LogP contribution in [0.1, 0.15) is 41.6 Å². The van der Waals surface area contributed by atoms with Crippen molar-refractivity contribution in [3.8, 4) is 5.75 Å². The standard InChI is InChI=1S/C42H70O35.C23H27N3O4.ClH/c43-1-8-29-15(50)22(57)36(64-8)72-30-9(2-44)66-38(24(59)17(30)52)74-32-11(4-46)68-40(26(61)19(32)54)76-34-13(6-48)70-42(28(63)21(34)56)77-35-14(7-49)69-41(27(62)20(35)55)75-33-12(5-47)67-39(25(60)18(33)53)73-31-10(3-45)65-37(71-29)23(58)16(31)51;24-23(25)26-14-16-10-12-18(13-11-16)21(27)30-20-9-5-4-8-19(20)22(28)29-15-17-6-2-1-3-7-17;/h8-63H,1-7H2;1-9,16,18H,10-15H2,(H4,24,25,26);1H/t8-,9-,10-,11-,12-,13-,14-,15-,16-,17-,18-,19-,20-,21-,22-,23-,24-,25-,26-,27-,28-,29-,30-,31-,32-,33-,34-,35-,36-,37-,38-,39-,40-,41-,42-;16-,18-;/m1../s1. The molecule has 21 aliphatic heterocycles. The second kappa shape index (κ2) is 39.5. The lowest BCUT2D eigenvalue weighted by molar-refractivity contribution is -0.396. The summed E-state index contributed by atoms with van der Waals surface area (Å²) in [4.78, 5) is 25.2. The van der Waals surface area contributed by atoms with Crippen molar-refractivity contribution in [3.63, 3.8) is 0 Å². The molecule has 2 aromatic carbocycles. The fourth-order valence-corrected chi connectivity index (χ4v) is 14.0. The number of esters is 2. The largest absolute Gasteiger partial charge is 0.457 e. The van der Waals surface area contributed by atoms with Crippen molar-refractivity contribution >= 4 is 30.3 Å². The Kier molecular flexibility index (Phi) is 32.0. The molecule has 108 heavy (non-hydrogen) atoms. The second-order valence-corrected chi connectivity index (χ2v) is 27.1. The van der Waals surface area contributed by atoms with Gasteiger partial charge in [0.05, 0.1) is 52.2 Å². The van der Waals surface area contributed by atoms with Crippen LogP contribution >= 0.6 is 12.4 Å². The van der Waals surface area contributed by atoms with Crippen molar-refractivity contribution in [3.05, 3.63) is 65.7 Å². The molecule has 35 atom stereocenters. The minimum absolute atomic E-state index is 0. The van der Waals surface area contributed by atoms with E-state index in [9.17, 15) is 117 Å². The van der Waals surface area contributed by atoms with Gasteiger partial charge in [0.2, 0.25) is 0 Å². The summed E-state index contributed by atoms with van der Waals surface area (Å²) >= 11 is 0. The lowest BCUT2D eigenvalue weighted by Crippen LogP contribution is -2.68. The average molecular weight is 1580 g/mol. The molecular formula is C65H98ClN3O39. The zero-order valence-corrected chi connectivity index (χ0v) is 58.3. The highest BCUT2D eigenvalue weighted by molar-refractivity contribution is 5.93. The quantitative estimate of drug-likeness (QED) is 0.0361. The predicted octanol–water partition coefficient (Wildman–Crippen LogP) is -11.6. The number of aliphatic hydroxyl groups is 21. The van der Waals surface area contributed by atoms with E-state index in [-0.39, 0.29) is 48.2 Å². The van der Waals surface area contributed by atoms with Crippen LogP contribution in [0.2, 0.25) is 0 Å². The normalized spacial score (nSPS) is 44.5. The number of hydrogen-bond acceptors (Lipinski definition) is 40. The highest BCUT2D eigenvalue weighted by Crippen LogP contribution is 2.40. The van der Waals surface area contributed by atoms with Crippen LogP contribution in [0.3, 0.4) is 0 Å². The summed E-state index contributed by atoms with van der Waals surface area (Å²) in [6, 6.07) is 16.0. The first-order valence-corrected chi connectivity index (χ1v) is 34.7. The SMILES string of the molecule is Cl.N=C(N)NC[C@H]1CC[C@H](C(=O)Oc2ccccc2C(=O)OCc2ccccc2)CC1.OC[C@H]1O[C@@H]2O[C@H]3[C@H](O)[C@@H](O)[C@@H](O[C@H]4[C@H](O)[C@@H](O)[C@@H](O[C@H]5[C@H](O)[C@@H](O)[C@@H](O[C@H]6[C@H](O)[C@@H](O)[C@@H](O[C@H]7[C@H](O)[C@@H](O)[C@@H](O[C@H]8[C@H](O)[C@@H](O)[C@@H](O[C@H]1[C@H](O)[C@H]2O)O[C@@H]8CO)O[C@@H]7CO)O[C@@H]6CO)O[C@@H]5CO)O[C@@H]4CO)O[C@@H]3CO. The summed E-state index contributed by atoms with van der Waals surface area (Å²) in [5.41, 5.74) is 6.45. The fourth-order valence-electron chi connectivity index (χ4n) is 14.0. The Hall–Kier alpha value is -4.46. The monoisotopic (exact) mass is 1580 g/mol. The maximum absolute atomic E-state index is 12.7. The van der Waals surface area contributed by atoms with E-state index in [4.69, 9.17) is 86.9 Å². The third-order valence-electron chi connectivity index (χ3n) is 20.1. The highest BCUT2D eigenvalue weighted by Gasteiger charge is 2.60. The zero-order chi connectivity index (χ0) is 77.4. The zero-order valence-electron chi connectivity index (χ0n) is 57.5. The number of carbonyl (C=O) groups excluding carboxylic acids is 2. The first-order chi connectivity index (χ1) is 51.2. The smallest absolute Gasteiger partial charge is 0.342 e. The van der Waals surface area contributed by atoms with Gasteiger partial charge in [-0.1, -0.05) is 42.5 Å². The number of carbonyl (C=O) groups is 2. The Morgan fingerprint density at radius 3 is 0.898 bits per heavy atom. The van der Waals surface area contributed by atoms with E-state index in [0.29, 0.717) is 25.3 Å². The Balaban J connectivity index is 0.000000362. The lowest BCUT2D eigenvalue weighted by Gasteiger charge is -2.50. The second-order valence-electron chi connectivity index (χ2n) is 27.1. The molecule has 24 rings (SSSR count). The van der Waals surface area contributed by atoms with Gasteiger partial charge in [0.25, 0.3) is 0 Å². The number of halogens is 1. The van der Waals surface area contributed by atoms with Gasteiger partial charge in [-0.2, -0.15) is 0 Å². The van der Waals surface area contributed by atoms with Crippen LogP contribution in [0.25, 0.3) is 0 Å². The number of nitrogens with two attached hydrogens (primary N) is 1. The molecule has 0 aromatic heterocycles. The van der Waals surface area contributed by atoms with E-state index in [2.05, 4.69) is 5.32 Å². The summed E-state index contributed by atoms with van der Waals surface area (Å²) in [7, 11) is 0. The minimum atomic E-state index is -2.21. The first-order valence-electron chi connectivity index (χ1n) is 34.7. The Morgan fingerprint density at radius 2 is 0.639 bits per heavy atom. The fraction of sp³-hybridized carbons (Fsp3) is 0.769. The lowest BCUT2D eigenvalue weighted by atomic mass is 9.82. The molecule has 21 saturated heterocycles. The molecule has 0 amide bonds. The van der Waals surface area contributed by atoms with Gasteiger partial charge in [-0.3, -0.25) is 10.2 Å².